The number of carbonyl (C=O) groups is 1. The fourth-order valence-corrected chi connectivity index (χ4v) is 4.03. The fourth-order valence-electron chi connectivity index (χ4n) is 4.03. The van der Waals surface area contributed by atoms with E-state index in [1.165, 1.54) is 6.20 Å². The van der Waals surface area contributed by atoms with Crippen LogP contribution in [0.15, 0.2) is 96.1 Å². The normalized spacial score (nSPS) is 11.2. The van der Waals surface area contributed by atoms with Crippen molar-refractivity contribution in [3.63, 3.8) is 0 Å². The lowest BCUT2D eigenvalue weighted by Crippen LogP contribution is -2.35. The predicted molar refractivity (Wildman–Crippen MR) is 132 cm³/mol. The zero-order valence-corrected chi connectivity index (χ0v) is 18.3. The van der Waals surface area contributed by atoms with Crippen molar-refractivity contribution in [2.45, 2.75) is 0 Å². The number of nitrogens with one attached hydrogen (secondary N) is 1. The van der Waals surface area contributed by atoms with E-state index >= 15 is 0 Å². The molecule has 170 valence electrons. The largest absolute Gasteiger partial charge is 0.483 e. The van der Waals surface area contributed by atoms with Gasteiger partial charge >= 0.3 is 0 Å². The zero-order chi connectivity index (χ0) is 23.8. The maximum atomic E-state index is 13.0. The quantitative estimate of drug-likeness (QED) is 0.421. The molecule has 3 aromatic heterocycles. The lowest BCUT2D eigenvalue weighted by Gasteiger charge is -2.11. The van der Waals surface area contributed by atoms with E-state index in [2.05, 4.69) is 20.7 Å². The van der Waals surface area contributed by atoms with Crippen molar-refractivity contribution in [2.75, 3.05) is 12.0 Å². The Labute approximate surface area is 198 Å². The summed E-state index contributed by atoms with van der Waals surface area (Å²) in [4.78, 5) is 25.5. The molecule has 0 spiro atoms. The van der Waals surface area contributed by atoms with Crippen LogP contribution < -0.4 is 15.7 Å². The van der Waals surface area contributed by atoms with Crippen LogP contribution >= 0.6 is 0 Å². The van der Waals surface area contributed by atoms with Crippen molar-refractivity contribution in [3.05, 3.63) is 102 Å². The Morgan fingerprint density at radius 2 is 1.71 bits per heavy atom. The van der Waals surface area contributed by atoms with Gasteiger partial charge in [0, 0.05) is 17.1 Å². The predicted octanol–water partition coefficient (Wildman–Crippen LogP) is 3.41. The summed E-state index contributed by atoms with van der Waals surface area (Å²) in [6.45, 7) is -0.261. The van der Waals surface area contributed by atoms with Crippen LogP contribution in [0.2, 0.25) is 0 Å². The van der Waals surface area contributed by atoms with Crippen LogP contribution in [-0.4, -0.2) is 37.0 Å². The standard InChI is InChI=1S/C26H18N6O3/c33-23(16-35-22-12-6-10-17-9-4-5-11-19(17)22)30-31-14-13-21-24(26(31)34)28-29-25-20(15-27-32(21)25)18-7-2-1-3-8-18/h1-15H,16H2,(H,30,33). The Bertz CT molecular complexity index is 1770. The number of hydrogen-bond acceptors (Lipinski definition) is 6. The zero-order valence-electron chi connectivity index (χ0n) is 18.3. The van der Waals surface area contributed by atoms with E-state index in [9.17, 15) is 9.59 Å². The Morgan fingerprint density at radius 1 is 0.914 bits per heavy atom. The first-order valence-electron chi connectivity index (χ1n) is 10.9. The molecule has 3 aromatic carbocycles. The monoisotopic (exact) mass is 462 g/mol. The van der Waals surface area contributed by atoms with Crippen molar-refractivity contribution in [2.24, 2.45) is 0 Å². The fraction of sp³-hybridized carbons (Fsp3) is 0.0385. The molecule has 1 amide bonds. The SMILES string of the molecule is O=C(COc1cccc2ccccc12)Nn1ccc2c(nnc3c(-c4ccccc4)cnn32)c1=O. The number of amides is 1. The molecule has 3 heterocycles. The number of fused-ring (bicyclic) bond motifs is 4. The molecule has 0 atom stereocenters. The van der Waals surface area contributed by atoms with Gasteiger partial charge in [-0.15, -0.1) is 10.2 Å². The second-order valence-corrected chi connectivity index (χ2v) is 7.89. The van der Waals surface area contributed by atoms with Gasteiger partial charge < -0.3 is 4.74 Å². The van der Waals surface area contributed by atoms with Crippen molar-refractivity contribution in [3.8, 4) is 16.9 Å². The second-order valence-electron chi connectivity index (χ2n) is 7.89. The van der Waals surface area contributed by atoms with Gasteiger partial charge in [0.25, 0.3) is 11.5 Å². The molecular weight excluding hydrogens is 444 g/mol. The van der Waals surface area contributed by atoms with E-state index in [1.54, 1.807) is 22.8 Å². The lowest BCUT2D eigenvalue weighted by molar-refractivity contribution is -0.119. The van der Waals surface area contributed by atoms with Gasteiger partial charge in [0.15, 0.2) is 17.8 Å². The maximum Gasteiger partial charge on any atom is 0.299 e. The third-order valence-electron chi connectivity index (χ3n) is 5.70. The molecule has 6 aromatic rings. The minimum Gasteiger partial charge on any atom is -0.483 e. The van der Waals surface area contributed by atoms with Crippen molar-refractivity contribution >= 4 is 33.4 Å². The van der Waals surface area contributed by atoms with Crippen molar-refractivity contribution < 1.29 is 9.53 Å². The van der Waals surface area contributed by atoms with Crippen LogP contribution in [0.4, 0.5) is 0 Å². The van der Waals surface area contributed by atoms with Crippen LogP contribution in [0.3, 0.4) is 0 Å². The number of ether oxygens (including phenoxy) is 1. The van der Waals surface area contributed by atoms with E-state index < -0.39 is 11.5 Å². The molecule has 0 aliphatic rings. The first kappa shape index (κ1) is 20.5. The van der Waals surface area contributed by atoms with Crippen LogP contribution in [-0.2, 0) is 4.79 Å². The number of pyridine rings is 1. The molecule has 1 N–H and O–H groups in total. The van der Waals surface area contributed by atoms with E-state index in [0.717, 1.165) is 26.6 Å². The summed E-state index contributed by atoms with van der Waals surface area (Å²) in [6, 6.07) is 24.7. The topological polar surface area (TPSA) is 103 Å². The molecule has 6 rings (SSSR count). The molecule has 0 aliphatic carbocycles. The third-order valence-corrected chi connectivity index (χ3v) is 5.70. The highest BCUT2D eigenvalue weighted by Crippen LogP contribution is 2.25. The van der Waals surface area contributed by atoms with Gasteiger partial charge in [-0.3, -0.25) is 15.0 Å². The summed E-state index contributed by atoms with van der Waals surface area (Å²) >= 11 is 0. The average Bonchev–Trinajstić information content (AvgIpc) is 3.34. The minimum atomic E-state index is -0.521. The smallest absolute Gasteiger partial charge is 0.299 e. The number of carbonyl (C=O) groups excluding carboxylic acids is 1. The van der Waals surface area contributed by atoms with Gasteiger partial charge in [-0.1, -0.05) is 66.7 Å². The molecule has 9 heteroatoms. The second kappa shape index (κ2) is 8.38. The number of aromatic nitrogens is 5. The first-order chi connectivity index (χ1) is 17.2. The maximum absolute atomic E-state index is 13.0. The van der Waals surface area contributed by atoms with Gasteiger partial charge in [0.05, 0.1) is 6.20 Å². The van der Waals surface area contributed by atoms with Crippen LogP contribution in [0.1, 0.15) is 0 Å². The van der Waals surface area contributed by atoms with E-state index in [-0.39, 0.29) is 12.1 Å². The van der Waals surface area contributed by atoms with Crippen LogP contribution in [0.5, 0.6) is 5.75 Å². The van der Waals surface area contributed by atoms with Crippen LogP contribution in [0.25, 0.3) is 38.6 Å². The molecule has 0 fully saturated rings. The summed E-state index contributed by atoms with van der Waals surface area (Å²) in [6.07, 6.45) is 3.15. The molecule has 0 unspecified atom stereocenters. The Kier molecular flexibility index (Phi) is 4.92. The molecule has 0 saturated heterocycles. The lowest BCUT2D eigenvalue weighted by atomic mass is 10.1. The summed E-state index contributed by atoms with van der Waals surface area (Å²) in [5.74, 6) is 0.101. The van der Waals surface area contributed by atoms with Crippen LogP contribution in [0, 0.1) is 0 Å². The highest BCUT2D eigenvalue weighted by Gasteiger charge is 2.15. The molecule has 35 heavy (non-hydrogen) atoms. The minimum absolute atomic E-state index is 0.0815. The van der Waals surface area contributed by atoms with Gasteiger partial charge in [0.2, 0.25) is 0 Å². The molecule has 0 radical (unpaired) electrons. The van der Waals surface area contributed by atoms with Gasteiger partial charge in [-0.2, -0.15) is 5.10 Å². The Morgan fingerprint density at radius 3 is 2.60 bits per heavy atom. The number of hydrogen-bond donors (Lipinski definition) is 1. The van der Waals surface area contributed by atoms with Gasteiger partial charge in [-0.25, -0.2) is 9.19 Å². The molecule has 0 aliphatic heterocycles. The Balaban J connectivity index is 1.26. The van der Waals surface area contributed by atoms with Gasteiger partial charge in [0.1, 0.15) is 11.3 Å². The highest BCUT2D eigenvalue weighted by molar-refractivity contribution is 5.90. The number of rotatable bonds is 5. The highest BCUT2D eigenvalue weighted by atomic mass is 16.5. The van der Waals surface area contributed by atoms with E-state index in [0.29, 0.717) is 16.9 Å². The molecular formula is C26H18N6O3. The molecule has 9 nitrogen and oxygen atoms in total. The summed E-state index contributed by atoms with van der Waals surface area (Å²) in [5.41, 5.74) is 4.88. The average molecular weight is 462 g/mol. The summed E-state index contributed by atoms with van der Waals surface area (Å²) < 4.78 is 8.35. The first-order valence-corrected chi connectivity index (χ1v) is 10.9. The summed E-state index contributed by atoms with van der Waals surface area (Å²) in [7, 11) is 0. The number of nitrogens with zero attached hydrogens (tertiary/aromatic N) is 5. The van der Waals surface area contributed by atoms with Crippen molar-refractivity contribution in [1.29, 1.82) is 0 Å². The van der Waals surface area contributed by atoms with E-state index in [4.69, 9.17) is 4.74 Å². The number of benzene rings is 3. The van der Waals surface area contributed by atoms with E-state index in [1.807, 2.05) is 66.7 Å². The van der Waals surface area contributed by atoms with Gasteiger partial charge in [-0.05, 0) is 23.1 Å². The van der Waals surface area contributed by atoms with Crippen molar-refractivity contribution in [1.82, 2.24) is 24.5 Å². The third kappa shape index (κ3) is 3.65. The summed E-state index contributed by atoms with van der Waals surface area (Å²) in [5, 5.41) is 14.7. The molecule has 0 bridgehead atoms. The Hall–Kier alpha value is -5.05. The molecule has 0 saturated carbocycles.